The monoisotopic (exact) mass is 837 g/mol. The fraction of sp³-hybridized carbons (Fsp3) is 0.932. The average Bonchev–Trinajstić information content (AvgIpc) is 3.18. The molecule has 0 aromatic carbocycles. The first-order valence-corrected chi connectivity index (χ1v) is 24.3. The van der Waals surface area contributed by atoms with Gasteiger partial charge in [-0.3, -0.25) is 9.35 Å². The molecule has 0 radical (unpaired) electrons. The first-order valence-electron chi connectivity index (χ1n) is 22.9. The Morgan fingerprint density at radius 3 is 1.63 bits per heavy atom. The van der Waals surface area contributed by atoms with E-state index < -0.39 is 59.8 Å². The van der Waals surface area contributed by atoms with Crippen molar-refractivity contribution >= 4 is 16.4 Å². The number of allylic oxidation sites excluding steroid dienone is 2. The van der Waals surface area contributed by atoms with E-state index in [1.54, 1.807) is 0 Å². The van der Waals surface area contributed by atoms with Gasteiger partial charge >= 0.3 is 16.4 Å². The number of unbranched alkanes of at least 4 members (excludes halogenated alkanes) is 25. The molecule has 1 heterocycles. The smallest absolute Gasteiger partial charge is 0.397 e. The van der Waals surface area contributed by atoms with Crippen molar-refractivity contribution in [1.29, 1.82) is 0 Å². The van der Waals surface area contributed by atoms with Crippen LogP contribution in [0.1, 0.15) is 200 Å². The summed E-state index contributed by atoms with van der Waals surface area (Å²) in [5.41, 5.74) is 0. The molecule has 57 heavy (non-hydrogen) atoms. The molecule has 0 spiro atoms. The molecule has 1 rings (SSSR count). The van der Waals surface area contributed by atoms with E-state index in [2.05, 4.69) is 30.2 Å². The van der Waals surface area contributed by atoms with Gasteiger partial charge in [0.05, 0.1) is 19.8 Å². The molecule has 12 nitrogen and oxygen atoms in total. The Balaban J connectivity index is 2.37. The topological polar surface area (TPSA) is 178 Å². The molecule has 0 aromatic heterocycles. The zero-order chi connectivity index (χ0) is 41.8. The minimum absolute atomic E-state index is 0.0381. The number of hydrogen-bond donors (Lipinski definition) is 4. The third-order valence-corrected chi connectivity index (χ3v) is 11.1. The van der Waals surface area contributed by atoms with E-state index in [-0.39, 0.29) is 19.6 Å². The maximum absolute atomic E-state index is 12.8. The Kier molecular flexibility index (Phi) is 34.6. The molecule has 0 saturated carbocycles. The SMILES string of the molecule is CCCC/C=C\CCCCCCCC(=O)OC(COCCCCCCCCCCCCCCCCCCCCC)COC1OC(CO)C(O)C(OS(=O)(=O)O)C1O. The van der Waals surface area contributed by atoms with Gasteiger partial charge in [-0.1, -0.05) is 174 Å². The zero-order valence-corrected chi connectivity index (χ0v) is 36.7. The molecule has 1 saturated heterocycles. The third kappa shape index (κ3) is 30.5. The van der Waals surface area contributed by atoms with Crippen LogP contribution >= 0.6 is 0 Å². The van der Waals surface area contributed by atoms with Crippen LogP contribution in [0.25, 0.3) is 0 Å². The van der Waals surface area contributed by atoms with Crippen LogP contribution in [0.4, 0.5) is 0 Å². The number of ether oxygens (including phenoxy) is 4. The lowest BCUT2D eigenvalue weighted by atomic mass is 9.99. The summed E-state index contributed by atoms with van der Waals surface area (Å²) in [5, 5.41) is 30.6. The van der Waals surface area contributed by atoms with Gasteiger partial charge in [0.1, 0.15) is 30.5 Å². The summed E-state index contributed by atoms with van der Waals surface area (Å²) >= 11 is 0. The van der Waals surface area contributed by atoms with Gasteiger partial charge in [-0.05, 0) is 32.1 Å². The molecular formula is C44H84O12S. The van der Waals surface area contributed by atoms with Crippen molar-refractivity contribution in [1.82, 2.24) is 0 Å². The molecule has 1 fully saturated rings. The highest BCUT2D eigenvalue weighted by Crippen LogP contribution is 2.26. The second kappa shape index (κ2) is 36.7. The number of carbonyl (C=O) groups excluding carboxylic acids is 1. The highest BCUT2D eigenvalue weighted by Gasteiger charge is 2.48. The molecule has 0 amide bonds. The van der Waals surface area contributed by atoms with Crippen molar-refractivity contribution in [3.63, 3.8) is 0 Å². The van der Waals surface area contributed by atoms with Crippen LogP contribution in [-0.2, 0) is 38.3 Å². The summed E-state index contributed by atoms with van der Waals surface area (Å²) in [6.07, 6.45) is 29.7. The fourth-order valence-corrected chi connectivity index (χ4v) is 7.63. The van der Waals surface area contributed by atoms with Crippen LogP contribution < -0.4 is 0 Å². The summed E-state index contributed by atoms with van der Waals surface area (Å²) in [7, 11) is -5.06. The maximum atomic E-state index is 12.8. The molecule has 338 valence electrons. The van der Waals surface area contributed by atoms with Crippen LogP contribution in [-0.4, -0.2) is 97.5 Å². The highest BCUT2D eigenvalue weighted by atomic mass is 32.3. The van der Waals surface area contributed by atoms with Gasteiger partial charge < -0.3 is 34.3 Å². The third-order valence-electron chi connectivity index (χ3n) is 10.6. The number of hydrogen-bond acceptors (Lipinski definition) is 11. The first-order chi connectivity index (χ1) is 27.6. The molecule has 6 unspecified atom stereocenters. The lowest BCUT2D eigenvalue weighted by Gasteiger charge is -2.41. The van der Waals surface area contributed by atoms with E-state index in [9.17, 15) is 28.5 Å². The minimum atomic E-state index is -5.06. The van der Waals surface area contributed by atoms with Crippen molar-refractivity contribution in [2.45, 2.75) is 237 Å². The Bertz CT molecular complexity index is 1060. The molecule has 1 aliphatic heterocycles. The van der Waals surface area contributed by atoms with Crippen molar-refractivity contribution in [3.05, 3.63) is 12.2 Å². The van der Waals surface area contributed by atoms with Crippen LogP contribution in [0.15, 0.2) is 12.2 Å². The lowest BCUT2D eigenvalue weighted by molar-refractivity contribution is -0.301. The van der Waals surface area contributed by atoms with E-state index in [1.165, 1.54) is 116 Å². The summed E-state index contributed by atoms with van der Waals surface area (Å²) in [6, 6.07) is 0. The van der Waals surface area contributed by atoms with Gasteiger partial charge in [0.2, 0.25) is 0 Å². The predicted octanol–water partition coefficient (Wildman–Crippen LogP) is 9.47. The second-order valence-corrected chi connectivity index (χ2v) is 17.0. The van der Waals surface area contributed by atoms with Crippen LogP contribution in [0.3, 0.4) is 0 Å². The summed E-state index contributed by atoms with van der Waals surface area (Å²) < 4.78 is 59.0. The van der Waals surface area contributed by atoms with Crippen molar-refractivity contribution in [2.24, 2.45) is 0 Å². The van der Waals surface area contributed by atoms with E-state index in [1.807, 2.05) is 0 Å². The van der Waals surface area contributed by atoms with Crippen molar-refractivity contribution in [2.75, 3.05) is 26.4 Å². The van der Waals surface area contributed by atoms with Crippen molar-refractivity contribution in [3.8, 4) is 0 Å². The largest absolute Gasteiger partial charge is 0.457 e. The predicted molar refractivity (Wildman–Crippen MR) is 225 cm³/mol. The molecule has 13 heteroatoms. The summed E-state index contributed by atoms with van der Waals surface area (Å²) in [5.74, 6) is -0.407. The number of rotatable bonds is 40. The van der Waals surface area contributed by atoms with E-state index in [4.69, 9.17) is 23.5 Å². The van der Waals surface area contributed by atoms with Gasteiger partial charge in [-0.25, -0.2) is 4.18 Å². The molecule has 0 aromatic rings. The van der Waals surface area contributed by atoms with Gasteiger partial charge in [-0.15, -0.1) is 0 Å². The normalized spacial score (nSPS) is 20.7. The summed E-state index contributed by atoms with van der Waals surface area (Å²) in [4.78, 5) is 12.8. The minimum Gasteiger partial charge on any atom is -0.457 e. The van der Waals surface area contributed by atoms with Gasteiger partial charge in [-0.2, -0.15) is 8.42 Å². The maximum Gasteiger partial charge on any atom is 0.397 e. The van der Waals surface area contributed by atoms with Crippen molar-refractivity contribution < 1.29 is 56.2 Å². The number of esters is 1. The van der Waals surface area contributed by atoms with E-state index in [0.29, 0.717) is 13.0 Å². The quantitative estimate of drug-likeness (QED) is 0.0199. The Labute approximate surface area is 347 Å². The number of aliphatic hydroxyl groups is 3. The van der Waals surface area contributed by atoms with Gasteiger partial charge in [0.15, 0.2) is 6.29 Å². The molecular weight excluding hydrogens is 753 g/mol. The number of carbonyl (C=O) groups is 1. The summed E-state index contributed by atoms with van der Waals surface area (Å²) in [6.45, 7) is 3.96. The standard InChI is InChI=1S/C44H84O12S/c1-3-5-7-9-11-13-15-16-17-18-19-20-21-22-24-26-28-30-32-34-52-36-38(54-40(46)33-31-29-27-25-23-14-12-10-8-6-4-2)37-53-44-42(48)43(56-57(49,50)51)41(47)39(35-45)55-44/h10,12,38-39,41-45,47-48H,3-9,11,13-37H2,1-2H3,(H,49,50,51)/b12-10-. The molecule has 0 bridgehead atoms. The lowest BCUT2D eigenvalue weighted by Crippen LogP contribution is -2.60. The molecule has 6 atom stereocenters. The Hall–Kier alpha value is -1.16. The van der Waals surface area contributed by atoms with E-state index in [0.717, 1.165) is 57.8 Å². The number of aliphatic hydroxyl groups excluding tert-OH is 3. The van der Waals surface area contributed by atoms with Crippen LogP contribution in [0, 0.1) is 0 Å². The second-order valence-electron chi connectivity index (χ2n) is 16.0. The van der Waals surface area contributed by atoms with Crippen LogP contribution in [0.5, 0.6) is 0 Å². The fourth-order valence-electron chi connectivity index (χ4n) is 7.12. The molecule has 0 aliphatic carbocycles. The zero-order valence-electron chi connectivity index (χ0n) is 35.9. The Morgan fingerprint density at radius 1 is 0.649 bits per heavy atom. The first kappa shape index (κ1) is 53.9. The van der Waals surface area contributed by atoms with Gasteiger partial charge in [0.25, 0.3) is 0 Å². The van der Waals surface area contributed by atoms with Gasteiger partial charge in [0, 0.05) is 13.0 Å². The van der Waals surface area contributed by atoms with Crippen LogP contribution in [0.2, 0.25) is 0 Å². The molecule has 4 N–H and O–H groups in total. The van der Waals surface area contributed by atoms with E-state index >= 15 is 0 Å². The Morgan fingerprint density at radius 2 is 1.12 bits per heavy atom. The molecule has 1 aliphatic rings. The average molecular weight is 837 g/mol. The highest BCUT2D eigenvalue weighted by molar-refractivity contribution is 7.80.